The van der Waals surface area contributed by atoms with Gasteiger partial charge >= 0.3 is 0 Å². The number of hydrogen-bond acceptors (Lipinski definition) is 4. The molecule has 0 unspecified atom stereocenters. The molecule has 4 rings (SSSR count). The van der Waals surface area contributed by atoms with E-state index in [-0.39, 0.29) is 11.6 Å². The van der Waals surface area contributed by atoms with E-state index in [9.17, 15) is 9.59 Å². The minimum absolute atomic E-state index is 0.0345. The summed E-state index contributed by atoms with van der Waals surface area (Å²) in [6.07, 6.45) is 3.89. The molecule has 0 N–H and O–H groups in total. The lowest BCUT2D eigenvalue weighted by Gasteiger charge is -2.36. The Bertz CT molecular complexity index is 832. The minimum Gasteiger partial charge on any atom is -0.491 e. The van der Waals surface area contributed by atoms with Crippen LogP contribution in [0, 0.1) is 0 Å². The summed E-state index contributed by atoms with van der Waals surface area (Å²) in [4.78, 5) is 25.5. The number of rotatable bonds is 3. The Morgan fingerprint density at radius 3 is 1.96 bits per heavy atom. The van der Waals surface area contributed by atoms with Gasteiger partial charge in [0.2, 0.25) is 0 Å². The third kappa shape index (κ3) is 3.19. The van der Waals surface area contributed by atoms with Gasteiger partial charge in [-0.1, -0.05) is 23.2 Å². The van der Waals surface area contributed by atoms with Crippen molar-refractivity contribution in [3.8, 4) is 5.75 Å². The van der Waals surface area contributed by atoms with Crippen LogP contribution in [0.1, 0.15) is 56.9 Å². The second-order valence-electron chi connectivity index (χ2n) is 7.01. The summed E-state index contributed by atoms with van der Waals surface area (Å²) in [5.74, 6) is 1.43. The molecular formula is C21H20Cl2O4. The fourth-order valence-electron chi connectivity index (χ4n) is 4.18. The topological polar surface area (TPSA) is 52.6 Å². The molecule has 1 aromatic rings. The third-order valence-electron chi connectivity index (χ3n) is 5.28. The van der Waals surface area contributed by atoms with Crippen LogP contribution in [0.5, 0.6) is 5.75 Å². The van der Waals surface area contributed by atoms with Crippen LogP contribution in [0.4, 0.5) is 0 Å². The smallest absolute Gasteiger partial charge is 0.163 e. The summed E-state index contributed by atoms with van der Waals surface area (Å²) >= 11 is 12.8. The SMILES string of the molecule is CCOc1c(Cl)cc(C2C3=C(CCCC3=O)OC3=C2C(=O)CCC3)cc1Cl. The molecule has 0 saturated heterocycles. The zero-order valence-corrected chi connectivity index (χ0v) is 16.6. The van der Waals surface area contributed by atoms with Crippen molar-refractivity contribution >= 4 is 34.8 Å². The van der Waals surface area contributed by atoms with Gasteiger partial charge in [0.05, 0.1) is 16.7 Å². The summed E-state index contributed by atoms with van der Waals surface area (Å²) < 4.78 is 11.6. The van der Waals surface area contributed by atoms with E-state index in [0.717, 1.165) is 18.4 Å². The van der Waals surface area contributed by atoms with Crippen LogP contribution in [-0.2, 0) is 14.3 Å². The normalized spacial score (nSPS) is 20.4. The molecule has 2 aliphatic carbocycles. The zero-order valence-electron chi connectivity index (χ0n) is 15.1. The van der Waals surface area contributed by atoms with Gasteiger partial charge in [0.1, 0.15) is 11.5 Å². The van der Waals surface area contributed by atoms with Gasteiger partial charge in [-0.05, 0) is 37.5 Å². The van der Waals surface area contributed by atoms with E-state index in [4.69, 9.17) is 32.7 Å². The molecule has 142 valence electrons. The largest absolute Gasteiger partial charge is 0.491 e. The van der Waals surface area contributed by atoms with Crippen molar-refractivity contribution in [2.45, 2.75) is 51.4 Å². The molecule has 6 heteroatoms. The van der Waals surface area contributed by atoms with Gasteiger partial charge in [-0.2, -0.15) is 0 Å². The van der Waals surface area contributed by atoms with Crippen molar-refractivity contribution in [2.75, 3.05) is 6.61 Å². The first kappa shape index (κ1) is 18.6. The average molecular weight is 407 g/mol. The molecule has 0 saturated carbocycles. The Morgan fingerprint density at radius 1 is 0.963 bits per heavy atom. The fraction of sp³-hybridized carbons (Fsp3) is 0.429. The van der Waals surface area contributed by atoms with E-state index in [1.165, 1.54) is 0 Å². The first-order chi connectivity index (χ1) is 13.0. The highest BCUT2D eigenvalue weighted by molar-refractivity contribution is 6.37. The van der Waals surface area contributed by atoms with Crippen molar-refractivity contribution in [1.29, 1.82) is 0 Å². The van der Waals surface area contributed by atoms with Crippen molar-refractivity contribution in [2.24, 2.45) is 0 Å². The van der Waals surface area contributed by atoms with Gasteiger partial charge in [0, 0.05) is 42.7 Å². The quantitative estimate of drug-likeness (QED) is 0.662. The Labute approximate surface area is 168 Å². The monoisotopic (exact) mass is 406 g/mol. The fourth-order valence-corrected chi connectivity index (χ4v) is 4.79. The number of carbonyl (C=O) groups is 2. The lowest BCUT2D eigenvalue weighted by molar-refractivity contribution is -0.117. The summed E-state index contributed by atoms with van der Waals surface area (Å²) in [6.45, 7) is 2.30. The molecule has 3 aliphatic rings. The minimum atomic E-state index is -0.463. The van der Waals surface area contributed by atoms with Gasteiger partial charge in [-0.25, -0.2) is 0 Å². The van der Waals surface area contributed by atoms with Crippen molar-refractivity contribution in [3.63, 3.8) is 0 Å². The van der Waals surface area contributed by atoms with Crippen molar-refractivity contribution < 1.29 is 19.1 Å². The first-order valence-electron chi connectivity index (χ1n) is 9.33. The van der Waals surface area contributed by atoms with Crippen LogP contribution in [0.25, 0.3) is 0 Å². The highest BCUT2D eigenvalue weighted by atomic mass is 35.5. The number of benzene rings is 1. The third-order valence-corrected chi connectivity index (χ3v) is 5.84. The molecule has 0 radical (unpaired) electrons. The Hall–Kier alpha value is -1.78. The second-order valence-corrected chi connectivity index (χ2v) is 7.82. The molecule has 1 aliphatic heterocycles. The molecule has 0 bridgehead atoms. The van der Waals surface area contributed by atoms with Gasteiger partial charge in [-0.3, -0.25) is 9.59 Å². The van der Waals surface area contributed by atoms with Crippen LogP contribution in [0.3, 0.4) is 0 Å². The second kappa shape index (κ2) is 7.33. The van der Waals surface area contributed by atoms with Crippen LogP contribution in [0.15, 0.2) is 34.8 Å². The van der Waals surface area contributed by atoms with E-state index in [1.54, 1.807) is 12.1 Å². The van der Waals surface area contributed by atoms with Crippen LogP contribution in [0.2, 0.25) is 10.0 Å². The number of ether oxygens (including phenoxy) is 2. The van der Waals surface area contributed by atoms with E-state index in [0.29, 0.717) is 70.7 Å². The van der Waals surface area contributed by atoms with Gasteiger partial charge in [0.25, 0.3) is 0 Å². The standard InChI is InChI=1S/C21H20Cl2O4/c1-2-26-21-12(22)9-11(10-13(21)23)18-19-14(24)5-3-7-16(19)27-17-8-4-6-15(25)20(17)18/h9-10,18H,2-8H2,1H3. The summed E-state index contributed by atoms with van der Waals surface area (Å²) in [5, 5.41) is 0.753. The maximum absolute atomic E-state index is 12.8. The average Bonchev–Trinajstić information content (AvgIpc) is 2.63. The Balaban J connectivity index is 1.90. The first-order valence-corrected chi connectivity index (χ1v) is 10.1. The maximum Gasteiger partial charge on any atom is 0.163 e. The van der Waals surface area contributed by atoms with Gasteiger partial charge < -0.3 is 9.47 Å². The highest BCUT2D eigenvalue weighted by Gasteiger charge is 2.42. The van der Waals surface area contributed by atoms with E-state index >= 15 is 0 Å². The molecule has 0 spiro atoms. The molecule has 0 atom stereocenters. The van der Waals surface area contributed by atoms with Crippen molar-refractivity contribution in [1.82, 2.24) is 0 Å². The predicted octanol–water partition coefficient (Wildman–Crippen LogP) is 5.52. The zero-order chi connectivity index (χ0) is 19.1. The molecule has 4 nitrogen and oxygen atoms in total. The molecule has 1 aromatic carbocycles. The summed E-state index contributed by atoms with van der Waals surface area (Å²) in [5.41, 5.74) is 1.92. The van der Waals surface area contributed by atoms with Crippen LogP contribution in [-0.4, -0.2) is 18.2 Å². The Kier molecular flexibility index (Phi) is 5.04. The molecule has 0 amide bonds. The van der Waals surface area contributed by atoms with E-state index < -0.39 is 5.92 Å². The predicted molar refractivity (Wildman–Crippen MR) is 103 cm³/mol. The summed E-state index contributed by atoms with van der Waals surface area (Å²) in [6, 6.07) is 3.51. The molecule has 0 aromatic heterocycles. The number of carbonyl (C=O) groups excluding carboxylic acids is 2. The number of ketones is 2. The van der Waals surface area contributed by atoms with Crippen molar-refractivity contribution in [3.05, 3.63) is 50.4 Å². The number of halogens is 2. The molecular weight excluding hydrogens is 387 g/mol. The number of Topliss-reactive ketones (excluding diaryl/α,β-unsaturated/α-hetero) is 2. The van der Waals surface area contributed by atoms with Crippen LogP contribution >= 0.6 is 23.2 Å². The lowest BCUT2D eigenvalue weighted by Crippen LogP contribution is -2.30. The number of allylic oxidation sites excluding steroid dienone is 4. The Morgan fingerprint density at radius 2 is 1.48 bits per heavy atom. The van der Waals surface area contributed by atoms with E-state index in [2.05, 4.69) is 0 Å². The highest BCUT2D eigenvalue weighted by Crippen LogP contribution is 2.49. The molecule has 0 fully saturated rings. The van der Waals surface area contributed by atoms with Crippen LogP contribution < -0.4 is 4.74 Å². The summed E-state index contributed by atoms with van der Waals surface area (Å²) in [7, 11) is 0. The number of hydrogen-bond donors (Lipinski definition) is 0. The molecule has 1 heterocycles. The van der Waals surface area contributed by atoms with E-state index in [1.807, 2.05) is 6.92 Å². The molecule has 27 heavy (non-hydrogen) atoms. The lowest BCUT2D eigenvalue weighted by atomic mass is 9.73. The van der Waals surface area contributed by atoms with Gasteiger partial charge in [-0.15, -0.1) is 0 Å². The van der Waals surface area contributed by atoms with Gasteiger partial charge in [0.15, 0.2) is 17.3 Å². The maximum atomic E-state index is 12.8.